The van der Waals surface area contributed by atoms with Crippen LogP contribution in [0.1, 0.15) is 0 Å². The average molecular weight is 243 g/mol. The van der Waals surface area contributed by atoms with Crippen LogP contribution in [0, 0.1) is 0 Å². The third-order valence-corrected chi connectivity index (χ3v) is 3.40. The molecule has 0 fully saturated rings. The van der Waals surface area contributed by atoms with E-state index >= 15 is 0 Å². The van der Waals surface area contributed by atoms with Crippen LogP contribution in [0.4, 0.5) is 0 Å². The molecule has 2 N–H and O–H groups in total. The Kier molecular flexibility index (Phi) is 3.38. The van der Waals surface area contributed by atoms with Gasteiger partial charge in [-0.25, -0.2) is 4.99 Å². The molecule has 1 heterocycles. The van der Waals surface area contributed by atoms with E-state index in [9.17, 15) is 0 Å². The standard InChI is InChI=1S/C10H11ClN2OS/c11-7-1-3-9(4-2-7)15-6-8-5-14-10(12)13-8/h1-4,8H,5-6H2,(H2,12,13)/t8-/m0/s1. The highest BCUT2D eigenvalue weighted by Gasteiger charge is 2.16. The highest BCUT2D eigenvalue weighted by Crippen LogP contribution is 2.22. The molecule has 1 atom stereocenters. The minimum atomic E-state index is 0.172. The molecule has 1 aromatic carbocycles. The van der Waals surface area contributed by atoms with Gasteiger partial charge in [0.1, 0.15) is 6.61 Å². The first-order valence-corrected chi connectivity index (χ1v) is 5.95. The van der Waals surface area contributed by atoms with E-state index in [1.807, 2.05) is 24.3 Å². The van der Waals surface area contributed by atoms with Crippen LogP contribution in [0.3, 0.4) is 0 Å². The molecule has 15 heavy (non-hydrogen) atoms. The van der Waals surface area contributed by atoms with Gasteiger partial charge >= 0.3 is 0 Å². The molecule has 1 aliphatic heterocycles. The molecule has 0 aliphatic carbocycles. The maximum Gasteiger partial charge on any atom is 0.282 e. The van der Waals surface area contributed by atoms with Gasteiger partial charge < -0.3 is 10.5 Å². The van der Waals surface area contributed by atoms with Gasteiger partial charge in [-0.05, 0) is 24.3 Å². The molecule has 0 spiro atoms. The second-order valence-corrected chi connectivity index (χ2v) is 4.73. The molecule has 0 saturated carbocycles. The molecular formula is C10H11ClN2OS. The molecule has 0 aromatic heterocycles. The Morgan fingerprint density at radius 1 is 1.47 bits per heavy atom. The van der Waals surface area contributed by atoms with Gasteiger partial charge in [-0.2, -0.15) is 0 Å². The second-order valence-electron chi connectivity index (χ2n) is 3.20. The van der Waals surface area contributed by atoms with Crippen molar-refractivity contribution in [3.8, 4) is 0 Å². The first kappa shape index (κ1) is 10.6. The first-order chi connectivity index (χ1) is 7.24. The van der Waals surface area contributed by atoms with E-state index in [1.54, 1.807) is 11.8 Å². The summed E-state index contributed by atoms with van der Waals surface area (Å²) in [4.78, 5) is 5.33. The number of nitrogens with two attached hydrogens (primary N) is 1. The van der Waals surface area contributed by atoms with Crippen molar-refractivity contribution in [3.05, 3.63) is 29.3 Å². The topological polar surface area (TPSA) is 47.6 Å². The zero-order chi connectivity index (χ0) is 10.7. The number of thioether (sulfide) groups is 1. The lowest BCUT2D eigenvalue weighted by Crippen LogP contribution is -2.10. The summed E-state index contributed by atoms with van der Waals surface area (Å²) in [5.41, 5.74) is 5.42. The van der Waals surface area contributed by atoms with E-state index in [0.29, 0.717) is 12.6 Å². The van der Waals surface area contributed by atoms with Gasteiger partial charge in [0.25, 0.3) is 6.02 Å². The molecule has 5 heteroatoms. The fourth-order valence-electron chi connectivity index (χ4n) is 1.24. The number of hydrogen-bond donors (Lipinski definition) is 1. The number of halogens is 1. The van der Waals surface area contributed by atoms with Gasteiger partial charge in [0.05, 0.1) is 6.04 Å². The van der Waals surface area contributed by atoms with E-state index in [0.717, 1.165) is 10.8 Å². The molecule has 0 radical (unpaired) electrons. The fourth-order valence-corrected chi connectivity index (χ4v) is 2.25. The lowest BCUT2D eigenvalue weighted by Gasteiger charge is -2.04. The minimum absolute atomic E-state index is 0.172. The number of nitrogens with zero attached hydrogens (tertiary/aromatic N) is 1. The van der Waals surface area contributed by atoms with Gasteiger partial charge in [0.2, 0.25) is 0 Å². The molecule has 1 aliphatic rings. The monoisotopic (exact) mass is 242 g/mol. The van der Waals surface area contributed by atoms with Crippen molar-refractivity contribution in [1.82, 2.24) is 0 Å². The minimum Gasteiger partial charge on any atom is -0.463 e. The maximum absolute atomic E-state index is 5.79. The number of ether oxygens (including phenoxy) is 1. The van der Waals surface area contributed by atoms with Gasteiger partial charge in [0, 0.05) is 15.7 Å². The predicted octanol–water partition coefficient (Wildman–Crippen LogP) is 2.15. The van der Waals surface area contributed by atoms with Crippen LogP contribution in [-0.4, -0.2) is 24.4 Å². The Morgan fingerprint density at radius 3 is 2.80 bits per heavy atom. The van der Waals surface area contributed by atoms with Crippen molar-refractivity contribution in [3.63, 3.8) is 0 Å². The van der Waals surface area contributed by atoms with E-state index in [2.05, 4.69) is 4.99 Å². The smallest absolute Gasteiger partial charge is 0.282 e. The summed E-state index contributed by atoms with van der Waals surface area (Å²) in [6.45, 7) is 0.590. The summed E-state index contributed by atoms with van der Waals surface area (Å²) >= 11 is 7.52. The van der Waals surface area contributed by atoms with Crippen molar-refractivity contribution in [2.75, 3.05) is 12.4 Å². The van der Waals surface area contributed by atoms with Crippen LogP contribution >= 0.6 is 23.4 Å². The van der Waals surface area contributed by atoms with E-state index in [-0.39, 0.29) is 6.04 Å². The quantitative estimate of drug-likeness (QED) is 0.827. The van der Waals surface area contributed by atoms with Crippen molar-refractivity contribution in [1.29, 1.82) is 0 Å². The Bertz CT molecular complexity index is 366. The highest BCUT2D eigenvalue weighted by atomic mass is 35.5. The van der Waals surface area contributed by atoms with Gasteiger partial charge in [0.15, 0.2) is 0 Å². The number of amidine groups is 1. The lowest BCUT2D eigenvalue weighted by atomic mass is 10.4. The zero-order valence-corrected chi connectivity index (χ0v) is 9.59. The molecule has 0 bridgehead atoms. The number of rotatable bonds is 3. The number of aliphatic imine (C=N–C) groups is 1. The maximum atomic E-state index is 5.79. The Morgan fingerprint density at radius 2 is 2.20 bits per heavy atom. The van der Waals surface area contributed by atoms with Gasteiger partial charge in [-0.15, -0.1) is 11.8 Å². The summed E-state index contributed by atoms with van der Waals surface area (Å²) in [6, 6.07) is 8.23. The number of benzene rings is 1. The van der Waals surface area contributed by atoms with Crippen molar-refractivity contribution in [2.45, 2.75) is 10.9 Å². The predicted molar refractivity (Wildman–Crippen MR) is 63.5 cm³/mol. The summed E-state index contributed by atoms with van der Waals surface area (Å²) in [7, 11) is 0. The van der Waals surface area contributed by atoms with Crippen LogP contribution in [0.5, 0.6) is 0 Å². The van der Waals surface area contributed by atoms with Crippen molar-refractivity contribution >= 4 is 29.4 Å². The first-order valence-electron chi connectivity index (χ1n) is 4.58. The third-order valence-electron chi connectivity index (χ3n) is 1.99. The van der Waals surface area contributed by atoms with E-state index in [4.69, 9.17) is 22.1 Å². The molecule has 0 unspecified atom stereocenters. The normalized spacial score (nSPS) is 19.8. The van der Waals surface area contributed by atoms with Crippen LogP contribution in [-0.2, 0) is 4.74 Å². The van der Waals surface area contributed by atoms with Crippen LogP contribution < -0.4 is 5.73 Å². The summed E-state index contributed by atoms with van der Waals surface area (Å²) in [5.74, 6) is 0.877. The third kappa shape index (κ3) is 3.04. The van der Waals surface area contributed by atoms with Crippen molar-refractivity contribution in [2.24, 2.45) is 10.7 Å². The Hall–Kier alpha value is -0.870. The molecule has 80 valence electrons. The Balaban J connectivity index is 1.86. The van der Waals surface area contributed by atoms with Crippen LogP contribution in [0.15, 0.2) is 34.2 Å². The summed E-state index contributed by atoms with van der Waals surface area (Å²) < 4.78 is 5.07. The van der Waals surface area contributed by atoms with Crippen LogP contribution in [0.2, 0.25) is 5.02 Å². The van der Waals surface area contributed by atoms with Gasteiger partial charge in [-0.3, -0.25) is 0 Å². The Labute approximate surface area is 97.7 Å². The molecular weight excluding hydrogens is 232 g/mol. The summed E-state index contributed by atoms with van der Waals surface area (Å²) in [5, 5.41) is 0.755. The fraction of sp³-hybridized carbons (Fsp3) is 0.300. The zero-order valence-electron chi connectivity index (χ0n) is 8.02. The SMILES string of the molecule is NC1=N[C@H](CSc2ccc(Cl)cc2)CO1. The molecule has 3 nitrogen and oxygen atoms in total. The van der Waals surface area contributed by atoms with E-state index in [1.165, 1.54) is 4.90 Å². The van der Waals surface area contributed by atoms with Crippen LogP contribution in [0.25, 0.3) is 0 Å². The lowest BCUT2D eigenvalue weighted by molar-refractivity contribution is 0.320. The van der Waals surface area contributed by atoms with Gasteiger partial charge in [-0.1, -0.05) is 11.6 Å². The second kappa shape index (κ2) is 4.77. The van der Waals surface area contributed by atoms with Crippen molar-refractivity contribution < 1.29 is 4.74 Å². The average Bonchev–Trinajstić information content (AvgIpc) is 2.64. The highest BCUT2D eigenvalue weighted by molar-refractivity contribution is 7.99. The van der Waals surface area contributed by atoms with E-state index < -0.39 is 0 Å². The largest absolute Gasteiger partial charge is 0.463 e. The molecule has 2 rings (SSSR count). The molecule has 1 aromatic rings. The summed E-state index contributed by atoms with van der Waals surface area (Å²) in [6.07, 6.45) is 0. The number of hydrogen-bond acceptors (Lipinski definition) is 4. The molecule has 0 amide bonds. The molecule has 0 saturated heterocycles.